The summed E-state index contributed by atoms with van der Waals surface area (Å²) in [4.78, 5) is 26.7. The van der Waals surface area contributed by atoms with Crippen LogP contribution in [-0.4, -0.2) is 25.4 Å². The van der Waals surface area contributed by atoms with Gasteiger partial charge in [-0.15, -0.1) is 0 Å². The van der Waals surface area contributed by atoms with Crippen molar-refractivity contribution in [3.8, 4) is 11.3 Å². The molecule has 6 heteroatoms. The van der Waals surface area contributed by atoms with Gasteiger partial charge in [0.1, 0.15) is 5.69 Å². The van der Waals surface area contributed by atoms with Gasteiger partial charge in [0.2, 0.25) is 5.95 Å². The molecule has 0 unspecified atom stereocenters. The molecule has 0 aliphatic carbocycles. The lowest BCUT2D eigenvalue weighted by Crippen LogP contribution is -2.18. The van der Waals surface area contributed by atoms with Gasteiger partial charge in [-0.3, -0.25) is 15.1 Å². The molecular formula is C26H21N5O. The highest BCUT2D eigenvalue weighted by Gasteiger charge is 2.16. The fraction of sp³-hybridized carbons (Fsp3) is 0.0769. The van der Waals surface area contributed by atoms with Gasteiger partial charge in [-0.25, -0.2) is 9.97 Å². The van der Waals surface area contributed by atoms with Crippen molar-refractivity contribution in [3.05, 3.63) is 109 Å². The number of anilines is 1. The fourth-order valence-electron chi connectivity index (χ4n) is 3.67. The first-order valence-corrected chi connectivity index (χ1v) is 10.5. The van der Waals surface area contributed by atoms with Crippen LogP contribution < -0.4 is 5.32 Å². The summed E-state index contributed by atoms with van der Waals surface area (Å²) < 4.78 is 2.02. The average Bonchev–Trinajstić information content (AvgIpc) is 3.21. The summed E-state index contributed by atoms with van der Waals surface area (Å²) in [6.07, 6.45) is 2.52. The smallest absolute Gasteiger partial charge is 0.276 e. The Labute approximate surface area is 185 Å². The number of pyridine rings is 2. The standard InChI is InChI=1S/C26H21N5O/c32-25(23-14-8-13-21(28-23)19-9-2-1-3-10-19)30-26-29-22-12-4-5-15-24(22)31(26)18-16-20-11-6-7-17-27-20/h1-15,17H,16,18H2,(H,29,30,32). The first-order valence-electron chi connectivity index (χ1n) is 10.5. The molecule has 0 radical (unpaired) electrons. The largest absolute Gasteiger partial charge is 0.310 e. The van der Waals surface area contributed by atoms with Gasteiger partial charge in [0.25, 0.3) is 5.91 Å². The predicted molar refractivity (Wildman–Crippen MR) is 125 cm³/mol. The van der Waals surface area contributed by atoms with Crippen LogP contribution in [0.2, 0.25) is 0 Å². The zero-order valence-corrected chi connectivity index (χ0v) is 17.3. The Hall–Kier alpha value is -4.32. The molecule has 0 fully saturated rings. The number of aromatic nitrogens is 4. The number of nitrogens with zero attached hydrogens (tertiary/aromatic N) is 4. The summed E-state index contributed by atoms with van der Waals surface area (Å²) in [7, 11) is 0. The van der Waals surface area contributed by atoms with E-state index < -0.39 is 0 Å². The van der Waals surface area contributed by atoms with Gasteiger partial charge in [-0.05, 0) is 36.4 Å². The Morgan fingerprint density at radius 3 is 2.47 bits per heavy atom. The third-order valence-corrected chi connectivity index (χ3v) is 5.25. The summed E-state index contributed by atoms with van der Waals surface area (Å²) in [6.45, 7) is 0.643. The maximum atomic E-state index is 13.1. The molecule has 1 amide bonds. The molecule has 1 N–H and O–H groups in total. The first-order chi connectivity index (χ1) is 15.8. The van der Waals surface area contributed by atoms with Crippen LogP contribution in [0.3, 0.4) is 0 Å². The van der Waals surface area contributed by atoms with Crippen molar-refractivity contribution in [2.45, 2.75) is 13.0 Å². The third kappa shape index (κ3) is 4.11. The molecular weight excluding hydrogens is 398 g/mol. The maximum Gasteiger partial charge on any atom is 0.276 e. The number of nitrogens with one attached hydrogen (secondary N) is 1. The Morgan fingerprint density at radius 1 is 0.812 bits per heavy atom. The van der Waals surface area contributed by atoms with E-state index in [-0.39, 0.29) is 5.91 Å². The monoisotopic (exact) mass is 419 g/mol. The molecule has 3 heterocycles. The minimum Gasteiger partial charge on any atom is -0.310 e. The molecule has 6 nitrogen and oxygen atoms in total. The number of benzene rings is 2. The van der Waals surface area contributed by atoms with Gasteiger partial charge < -0.3 is 4.57 Å². The molecule has 0 aliphatic rings. The number of carbonyl (C=O) groups is 1. The van der Waals surface area contributed by atoms with Crippen molar-refractivity contribution in [3.63, 3.8) is 0 Å². The lowest BCUT2D eigenvalue weighted by molar-refractivity contribution is 0.102. The van der Waals surface area contributed by atoms with Crippen LogP contribution in [0.15, 0.2) is 97.2 Å². The number of rotatable bonds is 6. The van der Waals surface area contributed by atoms with Crippen molar-refractivity contribution in [1.82, 2.24) is 19.5 Å². The topological polar surface area (TPSA) is 72.7 Å². The number of hydrogen-bond donors (Lipinski definition) is 1. The highest BCUT2D eigenvalue weighted by atomic mass is 16.2. The first kappa shape index (κ1) is 19.6. The van der Waals surface area contributed by atoms with Crippen LogP contribution in [-0.2, 0) is 13.0 Å². The molecule has 0 spiro atoms. The van der Waals surface area contributed by atoms with E-state index >= 15 is 0 Å². The molecule has 0 atom stereocenters. The van der Waals surface area contributed by atoms with E-state index in [1.54, 1.807) is 12.3 Å². The molecule has 2 aromatic carbocycles. The van der Waals surface area contributed by atoms with Gasteiger partial charge in [0.05, 0.1) is 16.7 Å². The minimum absolute atomic E-state index is 0.294. The van der Waals surface area contributed by atoms with E-state index in [1.165, 1.54) is 0 Å². The van der Waals surface area contributed by atoms with Crippen molar-refractivity contribution in [1.29, 1.82) is 0 Å². The predicted octanol–water partition coefficient (Wildman–Crippen LogP) is 4.99. The molecule has 156 valence electrons. The molecule has 3 aromatic heterocycles. The second-order valence-corrected chi connectivity index (χ2v) is 7.38. The molecule has 32 heavy (non-hydrogen) atoms. The quantitative estimate of drug-likeness (QED) is 0.421. The highest BCUT2D eigenvalue weighted by Crippen LogP contribution is 2.21. The summed E-state index contributed by atoms with van der Waals surface area (Å²) >= 11 is 0. The second-order valence-electron chi connectivity index (χ2n) is 7.38. The summed E-state index contributed by atoms with van der Waals surface area (Å²) in [6, 6.07) is 29.0. The van der Waals surface area contributed by atoms with Crippen molar-refractivity contribution in [2.75, 3.05) is 5.32 Å². The fourth-order valence-corrected chi connectivity index (χ4v) is 3.67. The molecule has 0 saturated heterocycles. The maximum absolute atomic E-state index is 13.1. The van der Waals surface area contributed by atoms with E-state index in [2.05, 4.69) is 20.3 Å². The van der Waals surface area contributed by atoms with Crippen LogP contribution in [0.4, 0.5) is 5.95 Å². The number of hydrogen-bond acceptors (Lipinski definition) is 4. The number of aryl methyl sites for hydroxylation is 2. The SMILES string of the molecule is O=C(Nc1nc2ccccc2n1CCc1ccccn1)c1cccc(-c2ccccc2)n1. The zero-order chi connectivity index (χ0) is 21.8. The lowest BCUT2D eigenvalue weighted by atomic mass is 10.1. The average molecular weight is 419 g/mol. The van der Waals surface area contributed by atoms with Crippen molar-refractivity contribution in [2.24, 2.45) is 0 Å². The normalized spacial score (nSPS) is 10.9. The highest BCUT2D eigenvalue weighted by molar-refractivity contribution is 6.03. The van der Waals surface area contributed by atoms with Gasteiger partial charge in [-0.2, -0.15) is 0 Å². The van der Waals surface area contributed by atoms with E-state index in [0.29, 0.717) is 18.2 Å². The molecule has 0 bridgehead atoms. The van der Waals surface area contributed by atoms with Gasteiger partial charge in [0.15, 0.2) is 0 Å². The molecule has 5 rings (SSSR count). The van der Waals surface area contributed by atoms with Crippen LogP contribution in [0.25, 0.3) is 22.3 Å². The van der Waals surface area contributed by atoms with Crippen LogP contribution >= 0.6 is 0 Å². The van der Waals surface area contributed by atoms with Crippen LogP contribution in [0.1, 0.15) is 16.2 Å². The Morgan fingerprint density at radius 2 is 1.62 bits per heavy atom. The minimum atomic E-state index is -0.294. The Bertz CT molecular complexity index is 1360. The van der Waals surface area contributed by atoms with E-state index in [0.717, 1.165) is 34.4 Å². The van der Waals surface area contributed by atoms with Crippen LogP contribution in [0, 0.1) is 0 Å². The van der Waals surface area contributed by atoms with Crippen LogP contribution in [0.5, 0.6) is 0 Å². The Kier molecular flexibility index (Phi) is 5.41. The van der Waals surface area contributed by atoms with Gasteiger partial charge in [-0.1, -0.05) is 54.6 Å². The van der Waals surface area contributed by atoms with Gasteiger partial charge >= 0.3 is 0 Å². The number of fused-ring (bicyclic) bond motifs is 1. The second kappa shape index (κ2) is 8.81. The number of imidazole rings is 1. The summed E-state index contributed by atoms with van der Waals surface area (Å²) in [5, 5.41) is 2.96. The van der Waals surface area contributed by atoms with Crippen molar-refractivity contribution >= 4 is 22.9 Å². The molecule has 5 aromatic rings. The van der Waals surface area contributed by atoms with Gasteiger partial charge in [0, 0.05) is 30.4 Å². The lowest BCUT2D eigenvalue weighted by Gasteiger charge is -2.10. The number of carbonyl (C=O) groups excluding carboxylic acids is 1. The van der Waals surface area contributed by atoms with E-state index in [4.69, 9.17) is 0 Å². The summed E-state index contributed by atoms with van der Waals surface area (Å²) in [5.74, 6) is 0.205. The third-order valence-electron chi connectivity index (χ3n) is 5.25. The van der Waals surface area contributed by atoms with Crippen molar-refractivity contribution < 1.29 is 4.79 Å². The Balaban J connectivity index is 1.43. The molecule has 0 saturated carbocycles. The number of amides is 1. The van der Waals surface area contributed by atoms with E-state index in [1.807, 2.05) is 89.5 Å². The number of para-hydroxylation sites is 2. The zero-order valence-electron chi connectivity index (χ0n) is 17.3. The van der Waals surface area contributed by atoms with E-state index in [9.17, 15) is 4.79 Å². The molecule has 0 aliphatic heterocycles. The summed E-state index contributed by atoms with van der Waals surface area (Å²) in [5.41, 5.74) is 4.83.